The average Bonchev–Trinajstić information content (AvgIpc) is 3.08. The number of halogens is 1. The van der Waals surface area contributed by atoms with Crippen LogP contribution >= 0.6 is 15.9 Å². The number of nitrogens with one attached hydrogen (secondary N) is 1. The van der Waals surface area contributed by atoms with Gasteiger partial charge in [0.05, 0.1) is 6.21 Å². The highest BCUT2D eigenvalue weighted by Gasteiger charge is 2.64. The number of carbonyl (C=O) groups excluding carboxylic acids is 1. The molecule has 0 bridgehead atoms. The maximum Gasteiger partial charge on any atom is 0.244 e. The van der Waals surface area contributed by atoms with Crippen molar-refractivity contribution in [3.05, 3.63) is 33.8 Å². The van der Waals surface area contributed by atoms with E-state index in [0.29, 0.717) is 5.92 Å². The molecular formula is C17H21BrN2O. The van der Waals surface area contributed by atoms with Crippen LogP contribution in [0.4, 0.5) is 0 Å². The van der Waals surface area contributed by atoms with Crippen LogP contribution in [0.1, 0.15) is 43.7 Å². The standard InChI is InChI=1S/C17H21BrN2O/c1-11-6-7-12(9-14(11)18)10-19-20-16(21)15-13-5-3-4-8-17(13,15)2/h6-7,9-10,13,15H,3-5,8H2,1-2H3,(H,20,21)/b19-10-/t13-,15+,17-/m1/s1. The van der Waals surface area contributed by atoms with E-state index in [2.05, 4.69) is 33.4 Å². The highest BCUT2D eigenvalue weighted by molar-refractivity contribution is 9.10. The van der Waals surface area contributed by atoms with E-state index >= 15 is 0 Å². The van der Waals surface area contributed by atoms with Gasteiger partial charge in [0.1, 0.15) is 0 Å². The van der Waals surface area contributed by atoms with E-state index < -0.39 is 0 Å². The van der Waals surface area contributed by atoms with Gasteiger partial charge in [0, 0.05) is 10.4 Å². The van der Waals surface area contributed by atoms with E-state index in [0.717, 1.165) is 10.0 Å². The molecule has 2 saturated carbocycles. The lowest BCUT2D eigenvalue weighted by Gasteiger charge is -2.15. The van der Waals surface area contributed by atoms with Crippen molar-refractivity contribution in [2.75, 3.05) is 0 Å². The number of hydrazone groups is 1. The summed E-state index contributed by atoms with van der Waals surface area (Å²) in [5.74, 6) is 0.837. The third-order valence-electron chi connectivity index (χ3n) is 5.20. The SMILES string of the molecule is Cc1ccc(/C=N\NC(=O)[C@@H]2[C@H]3CCCC[C@]32C)cc1Br. The van der Waals surface area contributed by atoms with Crippen molar-refractivity contribution >= 4 is 28.1 Å². The van der Waals surface area contributed by atoms with E-state index in [4.69, 9.17) is 0 Å². The van der Waals surface area contributed by atoms with Gasteiger partial charge in [-0.1, -0.05) is 47.8 Å². The summed E-state index contributed by atoms with van der Waals surface area (Å²) >= 11 is 3.50. The first-order valence-corrected chi connectivity index (χ1v) is 8.41. The molecule has 4 heteroatoms. The zero-order valence-corrected chi connectivity index (χ0v) is 14.1. The van der Waals surface area contributed by atoms with Gasteiger partial charge in [0.25, 0.3) is 0 Å². The quantitative estimate of drug-likeness (QED) is 0.650. The molecule has 1 N–H and O–H groups in total. The first-order valence-electron chi connectivity index (χ1n) is 7.61. The molecule has 1 aromatic rings. The number of hydrogen-bond donors (Lipinski definition) is 1. The van der Waals surface area contributed by atoms with Crippen LogP contribution in [0.2, 0.25) is 0 Å². The summed E-state index contributed by atoms with van der Waals surface area (Å²) in [4.78, 5) is 12.3. The Morgan fingerprint density at radius 3 is 2.95 bits per heavy atom. The van der Waals surface area contributed by atoms with Crippen molar-refractivity contribution in [3.8, 4) is 0 Å². The fourth-order valence-corrected chi connectivity index (χ4v) is 4.18. The second kappa shape index (κ2) is 5.56. The van der Waals surface area contributed by atoms with Gasteiger partial charge < -0.3 is 0 Å². The number of aryl methyl sites for hydroxylation is 1. The molecule has 21 heavy (non-hydrogen) atoms. The molecule has 0 radical (unpaired) electrons. The van der Waals surface area contributed by atoms with E-state index in [1.807, 2.05) is 25.1 Å². The number of amides is 1. The molecule has 1 aromatic carbocycles. The number of nitrogens with zero attached hydrogens (tertiary/aromatic N) is 1. The monoisotopic (exact) mass is 348 g/mol. The first kappa shape index (κ1) is 14.8. The third-order valence-corrected chi connectivity index (χ3v) is 6.05. The van der Waals surface area contributed by atoms with Crippen LogP contribution in [0.5, 0.6) is 0 Å². The predicted octanol–water partition coefficient (Wildman–Crippen LogP) is 4.03. The summed E-state index contributed by atoms with van der Waals surface area (Å²) in [7, 11) is 0. The Bertz CT molecular complexity index is 598. The fraction of sp³-hybridized carbons (Fsp3) is 0.529. The van der Waals surface area contributed by atoms with Gasteiger partial charge in [-0.25, -0.2) is 5.43 Å². The van der Waals surface area contributed by atoms with Crippen LogP contribution < -0.4 is 5.43 Å². The maximum absolute atomic E-state index is 12.3. The lowest BCUT2D eigenvalue weighted by molar-refractivity contribution is -0.123. The van der Waals surface area contributed by atoms with Crippen molar-refractivity contribution in [1.29, 1.82) is 0 Å². The van der Waals surface area contributed by atoms with Crippen molar-refractivity contribution in [1.82, 2.24) is 5.43 Å². The molecule has 0 unspecified atom stereocenters. The number of fused-ring (bicyclic) bond motifs is 1. The Balaban J connectivity index is 1.59. The second-order valence-corrected chi connectivity index (χ2v) is 7.43. The van der Waals surface area contributed by atoms with Crippen LogP contribution in [-0.4, -0.2) is 12.1 Å². The van der Waals surface area contributed by atoms with Crippen LogP contribution in [-0.2, 0) is 4.79 Å². The first-order chi connectivity index (χ1) is 10.0. The van der Waals surface area contributed by atoms with Gasteiger partial charge in [-0.2, -0.15) is 5.10 Å². The van der Waals surface area contributed by atoms with E-state index in [1.165, 1.54) is 31.2 Å². The lowest BCUT2D eigenvalue weighted by Crippen LogP contribution is -2.22. The van der Waals surface area contributed by atoms with Crippen molar-refractivity contribution in [3.63, 3.8) is 0 Å². The molecule has 2 aliphatic carbocycles. The van der Waals surface area contributed by atoms with E-state index in [9.17, 15) is 4.79 Å². The second-order valence-electron chi connectivity index (χ2n) is 6.58. The Labute approximate surface area is 134 Å². The highest BCUT2D eigenvalue weighted by atomic mass is 79.9. The zero-order chi connectivity index (χ0) is 15.0. The minimum absolute atomic E-state index is 0.0897. The van der Waals surface area contributed by atoms with Gasteiger partial charge >= 0.3 is 0 Å². The Morgan fingerprint density at radius 2 is 2.29 bits per heavy atom. The van der Waals surface area contributed by atoms with Crippen molar-refractivity contribution < 1.29 is 4.79 Å². The minimum Gasteiger partial charge on any atom is -0.273 e. The van der Waals surface area contributed by atoms with Gasteiger partial charge in [-0.15, -0.1) is 0 Å². The molecule has 0 heterocycles. The molecule has 2 aliphatic rings. The molecule has 112 valence electrons. The summed E-state index contributed by atoms with van der Waals surface area (Å²) in [5.41, 5.74) is 5.13. The number of benzene rings is 1. The van der Waals surface area contributed by atoms with Crippen molar-refractivity contribution in [2.45, 2.75) is 39.5 Å². The summed E-state index contributed by atoms with van der Waals surface area (Å²) in [6, 6.07) is 6.03. The largest absolute Gasteiger partial charge is 0.273 e. The number of rotatable bonds is 3. The van der Waals surface area contributed by atoms with Crippen LogP contribution in [0.25, 0.3) is 0 Å². The molecule has 0 aliphatic heterocycles. The predicted molar refractivity (Wildman–Crippen MR) is 88.2 cm³/mol. The Hall–Kier alpha value is -1.16. The van der Waals surface area contributed by atoms with Gasteiger partial charge in [0.15, 0.2) is 0 Å². The molecule has 2 fully saturated rings. The highest BCUT2D eigenvalue weighted by Crippen LogP contribution is 2.66. The van der Waals surface area contributed by atoms with Gasteiger partial charge in [-0.3, -0.25) is 4.79 Å². The Morgan fingerprint density at radius 1 is 1.48 bits per heavy atom. The fourth-order valence-electron chi connectivity index (χ4n) is 3.78. The molecule has 0 aromatic heterocycles. The van der Waals surface area contributed by atoms with Crippen LogP contribution in [0, 0.1) is 24.2 Å². The molecule has 3 nitrogen and oxygen atoms in total. The zero-order valence-electron chi connectivity index (χ0n) is 12.5. The van der Waals surface area contributed by atoms with Crippen LogP contribution in [0.15, 0.2) is 27.8 Å². The lowest BCUT2D eigenvalue weighted by atomic mass is 9.90. The number of hydrogen-bond acceptors (Lipinski definition) is 2. The summed E-state index contributed by atoms with van der Waals surface area (Å²) in [6.07, 6.45) is 6.62. The van der Waals surface area contributed by atoms with Gasteiger partial charge in [-0.05, 0) is 48.3 Å². The maximum atomic E-state index is 12.3. The molecule has 3 rings (SSSR count). The van der Waals surface area contributed by atoms with Crippen LogP contribution in [0.3, 0.4) is 0 Å². The van der Waals surface area contributed by atoms with Gasteiger partial charge in [0.2, 0.25) is 5.91 Å². The van der Waals surface area contributed by atoms with E-state index in [1.54, 1.807) is 6.21 Å². The number of carbonyl (C=O) groups is 1. The molecule has 1 amide bonds. The minimum atomic E-state index is 0.0897. The van der Waals surface area contributed by atoms with Crippen molar-refractivity contribution in [2.24, 2.45) is 22.4 Å². The summed E-state index contributed by atoms with van der Waals surface area (Å²) in [6.45, 7) is 4.30. The summed E-state index contributed by atoms with van der Waals surface area (Å²) < 4.78 is 1.05. The molecule has 3 atom stereocenters. The molecule has 0 saturated heterocycles. The average molecular weight is 349 g/mol. The molecular weight excluding hydrogens is 328 g/mol. The Kier molecular flexibility index (Phi) is 3.91. The topological polar surface area (TPSA) is 41.5 Å². The normalized spacial score (nSPS) is 31.0. The third kappa shape index (κ3) is 2.78. The smallest absolute Gasteiger partial charge is 0.244 e. The molecule has 0 spiro atoms. The summed E-state index contributed by atoms with van der Waals surface area (Å²) in [5, 5.41) is 4.12. The van der Waals surface area contributed by atoms with E-state index in [-0.39, 0.29) is 17.2 Å².